The first-order valence-electron chi connectivity index (χ1n) is 4.12. The summed E-state index contributed by atoms with van der Waals surface area (Å²) in [7, 11) is 1.61. The van der Waals surface area contributed by atoms with Gasteiger partial charge in [0.25, 0.3) is 0 Å². The Morgan fingerprint density at radius 3 is 2.69 bits per heavy atom. The summed E-state index contributed by atoms with van der Waals surface area (Å²) in [6.45, 7) is 5.77. The van der Waals surface area contributed by atoms with E-state index in [-0.39, 0.29) is 6.61 Å². The van der Waals surface area contributed by atoms with Crippen LogP contribution in [-0.4, -0.2) is 12.2 Å². The molecule has 0 bridgehead atoms. The van der Waals surface area contributed by atoms with Crippen LogP contribution in [0.2, 0.25) is 0 Å². The summed E-state index contributed by atoms with van der Waals surface area (Å²) in [5.41, 5.74) is 2.79. The molecule has 0 unspecified atom stereocenters. The van der Waals surface area contributed by atoms with E-state index in [0.717, 1.165) is 22.4 Å². The average molecular weight is 178 g/mol. The molecule has 70 valence electrons. The van der Waals surface area contributed by atoms with E-state index >= 15 is 0 Å². The molecule has 0 spiro atoms. The molecular weight excluding hydrogens is 164 g/mol. The quantitative estimate of drug-likeness (QED) is 0.769. The van der Waals surface area contributed by atoms with Crippen molar-refractivity contribution < 1.29 is 9.84 Å². The summed E-state index contributed by atoms with van der Waals surface area (Å²) in [5, 5.41) is 9.09. The van der Waals surface area contributed by atoms with E-state index in [4.69, 9.17) is 9.84 Å². The van der Waals surface area contributed by atoms with E-state index in [1.807, 2.05) is 25.1 Å². The van der Waals surface area contributed by atoms with Gasteiger partial charge in [0.05, 0.1) is 13.7 Å². The molecule has 1 rings (SSSR count). The summed E-state index contributed by atoms with van der Waals surface area (Å²) in [5.74, 6) is 0.758. The van der Waals surface area contributed by atoms with Crippen molar-refractivity contribution in [3.63, 3.8) is 0 Å². The van der Waals surface area contributed by atoms with Crippen LogP contribution in [0.3, 0.4) is 0 Å². The molecule has 0 radical (unpaired) electrons. The first-order valence-corrected chi connectivity index (χ1v) is 4.12. The second-order valence-corrected chi connectivity index (χ2v) is 2.96. The van der Waals surface area contributed by atoms with E-state index in [0.29, 0.717) is 0 Å². The number of rotatable bonds is 3. The van der Waals surface area contributed by atoms with Crippen LogP contribution in [0.1, 0.15) is 18.1 Å². The normalized spacial score (nSPS) is 9.77. The number of aliphatic hydroxyl groups is 1. The third kappa shape index (κ3) is 2.10. The minimum absolute atomic E-state index is 0.0133. The fraction of sp³-hybridized carbons (Fsp3) is 0.273. The second-order valence-electron chi connectivity index (χ2n) is 2.96. The van der Waals surface area contributed by atoms with Gasteiger partial charge < -0.3 is 9.84 Å². The van der Waals surface area contributed by atoms with Gasteiger partial charge in [-0.05, 0) is 30.2 Å². The summed E-state index contributed by atoms with van der Waals surface area (Å²) in [4.78, 5) is 0. The summed E-state index contributed by atoms with van der Waals surface area (Å²) in [6.07, 6.45) is 0. The Bertz CT molecular complexity index is 316. The molecule has 13 heavy (non-hydrogen) atoms. The Morgan fingerprint density at radius 2 is 2.23 bits per heavy atom. The number of hydrogen-bond acceptors (Lipinski definition) is 2. The fourth-order valence-electron chi connectivity index (χ4n) is 1.24. The van der Waals surface area contributed by atoms with Crippen molar-refractivity contribution in [2.24, 2.45) is 0 Å². The topological polar surface area (TPSA) is 29.5 Å². The molecule has 0 aliphatic rings. The highest BCUT2D eigenvalue weighted by Crippen LogP contribution is 2.22. The summed E-state index contributed by atoms with van der Waals surface area (Å²) < 4.78 is 5.05. The summed E-state index contributed by atoms with van der Waals surface area (Å²) >= 11 is 0. The molecule has 0 saturated carbocycles. The second kappa shape index (κ2) is 4.10. The van der Waals surface area contributed by atoms with Gasteiger partial charge in [0.1, 0.15) is 5.75 Å². The zero-order chi connectivity index (χ0) is 9.84. The molecule has 1 aromatic rings. The van der Waals surface area contributed by atoms with E-state index < -0.39 is 0 Å². The van der Waals surface area contributed by atoms with Crippen LogP contribution in [0.15, 0.2) is 24.8 Å². The first kappa shape index (κ1) is 9.81. The molecule has 0 aromatic heterocycles. The molecule has 1 N–H and O–H groups in total. The number of hydrogen-bond donors (Lipinski definition) is 1. The van der Waals surface area contributed by atoms with Gasteiger partial charge in [-0.3, -0.25) is 0 Å². The standard InChI is InChI=1S/C11H14O2/c1-8(2)11-5-4-10(13-3)6-9(11)7-12/h4-6,12H,1,7H2,2-3H3. The van der Waals surface area contributed by atoms with Crippen LogP contribution in [0.5, 0.6) is 5.75 Å². The molecule has 0 amide bonds. The molecule has 0 saturated heterocycles. The van der Waals surface area contributed by atoms with Crippen LogP contribution in [0.4, 0.5) is 0 Å². The Labute approximate surface area is 78.5 Å². The maximum atomic E-state index is 9.09. The van der Waals surface area contributed by atoms with E-state index in [9.17, 15) is 0 Å². The van der Waals surface area contributed by atoms with Crippen molar-refractivity contribution in [2.45, 2.75) is 13.5 Å². The largest absolute Gasteiger partial charge is 0.497 e. The molecular formula is C11H14O2. The van der Waals surface area contributed by atoms with Gasteiger partial charge in [0.2, 0.25) is 0 Å². The van der Waals surface area contributed by atoms with Gasteiger partial charge in [-0.15, -0.1) is 0 Å². The van der Waals surface area contributed by atoms with Crippen molar-refractivity contribution in [1.82, 2.24) is 0 Å². The highest BCUT2D eigenvalue weighted by atomic mass is 16.5. The lowest BCUT2D eigenvalue weighted by atomic mass is 10.0. The third-order valence-electron chi connectivity index (χ3n) is 1.94. The van der Waals surface area contributed by atoms with Crippen LogP contribution in [0.25, 0.3) is 5.57 Å². The third-order valence-corrected chi connectivity index (χ3v) is 1.94. The van der Waals surface area contributed by atoms with Gasteiger partial charge in [-0.25, -0.2) is 0 Å². The fourth-order valence-corrected chi connectivity index (χ4v) is 1.24. The van der Waals surface area contributed by atoms with Gasteiger partial charge in [0, 0.05) is 0 Å². The monoisotopic (exact) mass is 178 g/mol. The molecule has 0 fully saturated rings. The molecule has 1 aromatic carbocycles. The zero-order valence-corrected chi connectivity index (χ0v) is 8.00. The van der Waals surface area contributed by atoms with Crippen molar-refractivity contribution in [3.8, 4) is 5.75 Å². The predicted molar refractivity (Wildman–Crippen MR) is 53.6 cm³/mol. The van der Waals surface area contributed by atoms with E-state index in [1.54, 1.807) is 7.11 Å². The van der Waals surface area contributed by atoms with Crippen LogP contribution in [0, 0.1) is 0 Å². The summed E-state index contributed by atoms with van der Waals surface area (Å²) in [6, 6.07) is 5.60. The molecule has 0 aliphatic heterocycles. The maximum Gasteiger partial charge on any atom is 0.119 e. The maximum absolute atomic E-state index is 9.09. The Hall–Kier alpha value is -1.28. The molecule has 0 aliphatic carbocycles. The Kier molecular flexibility index (Phi) is 3.09. The number of aliphatic hydroxyl groups excluding tert-OH is 1. The number of benzene rings is 1. The van der Waals surface area contributed by atoms with Crippen molar-refractivity contribution in [2.75, 3.05) is 7.11 Å². The van der Waals surface area contributed by atoms with Crippen LogP contribution in [-0.2, 0) is 6.61 Å². The van der Waals surface area contributed by atoms with Crippen LogP contribution >= 0.6 is 0 Å². The zero-order valence-electron chi connectivity index (χ0n) is 8.00. The van der Waals surface area contributed by atoms with Gasteiger partial charge in [-0.2, -0.15) is 0 Å². The molecule has 2 nitrogen and oxygen atoms in total. The number of ether oxygens (including phenoxy) is 1. The lowest BCUT2D eigenvalue weighted by molar-refractivity contribution is 0.280. The highest BCUT2D eigenvalue weighted by Gasteiger charge is 2.03. The van der Waals surface area contributed by atoms with Gasteiger partial charge in [-0.1, -0.05) is 18.2 Å². The highest BCUT2D eigenvalue weighted by molar-refractivity contribution is 5.65. The number of allylic oxidation sites excluding steroid dienone is 1. The lowest BCUT2D eigenvalue weighted by Gasteiger charge is -2.08. The van der Waals surface area contributed by atoms with Gasteiger partial charge >= 0.3 is 0 Å². The first-order chi connectivity index (χ1) is 6.19. The Morgan fingerprint density at radius 1 is 1.54 bits per heavy atom. The SMILES string of the molecule is C=C(C)c1ccc(OC)cc1CO. The smallest absolute Gasteiger partial charge is 0.119 e. The molecule has 0 atom stereocenters. The van der Waals surface area contributed by atoms with Crippen LogP contribution < -0.4 is 4.74 Å². The van der Waals surface area contributed by atoms with Crippen molar-refractivity contribution in [3.05, 3.63) is 35.9 Å². The number of methoxy groups -OCH3 is 1. The lowest BCUT2D eigenvalue weighted by Crippen LogP contribution is -1.93. The Balaban J connectivity index is 3.15. The minimum atomic E-state index is 0.0133. The average Bonchev–Trinajstić information content (AvgIpc) is 2.16. The van der Waals surface area contributed by atoms with Gasteiger partial charge in [0.15, 0.2) is 0 Å². The predicted octanol–water partition coefficient (Wildman–Crippen LogP) is 2.22. The molecule has 0 heterocycles. The van der Waals surface area contributed by atoms with Crippen molar-refractivity contribution >= 4 is 5.57 Å². The van der Waals surface area contributed by atoms with Crippen molar-refractivity contribution in [1.29, 1.82) is 0 Å². The molecule has 2 heteroatoms. The van der Waals surface area contributed by atoms with E-state index in [1.165, 1.54) is 0 Å². The minimum Gasteiger partial charge on any atom is -0.497 e. The van der Waals surface area contributed by atoms with E-state index in [2.05, 4.69) is 6.58 Å².